The summed E-state index contributed by atoms with van der Waals surface area (Å²) in [6.45, 7) is 2.75. The van der Waals surface area contributed by atoms with Gasteiger partial charge in [0.1, 0.15) is 5.75 Å². The first-order valence-electron chi connectivity index (χ1n) is 10.3. The van der Waals surface area contributed by atoms with E-state index < -0.39 is 0 Å². The molecule has 0 heterocycles. The second-order valence-electron chi connectivity index (χ2n) is 7.45. The summed E-state index contributed by atoms with van der Waals surface area (Å²) in [5.74, 6) is 0.358. The molecule has 4 rings (SSSR count). The zero-order chi connectivity index (χ0) is 22.8. The fourth-order valence-corrected chi connectivity index (χ4v) is 4.69. The van der Waals surface area contributed by atoms with Crippen molar-refractivity contribution in [2.75, 3.05) is 0 Å². The second kappa shape index (κ2) is 12.8. The van der Waals surface area contributed by atoms with Crippen LogP contribution in [0.1, 0.15) is 22.3 Å². The van der Waals surface area contributed by atoms with Crippen molar-refractivity contribution < 1.29 is 24.5 Å². The van der Waals surface area contributed by atoms with E-state index in [0.29, 0.717) is 20.9 Å². The van der Waals surface area contributed by atoms with Gasteiger partial charge in [0.15, 0.2) is 0 Å². The van der Waals surface area contributed by atoms with Gasteiger partial charge in [-0.2, -0.15) is 0 Å². The van der Waals surface area contributed by atoms with Crippen molar-refractivity contribution in [2.45, 2.75) is 19.9 Å². The Bertz CT molecular complexity index is 1120. The summed E-state index contributed by atoms with van der Waals surface area (Å²) in [5.41, 5.74) is 5.91. The molecule has 4 aromatic rings. The van der Waals surface area contributed by atoms with Gasteiger partial charge >= 0.3 is 28.7 Å². The third-order valence-electron chi connectivity index (χ3n) is 5.03. The topological polar surface area (TPSA) is 34.3 Å². The molecule has 0 saturated carbocycles. The molecule has 0 aromatic heterocycles. The Kier molecular flexibility index (Phi) is 9.84. The van der Waals surface area contributed by atoms with Crippen molar-refractivity contribution in [3.05, 3.63) is 125 Å². The Morgan fingerprint density at radius 1 is 0.781 bits per heavy atom. The molecule has 5 heteroatoms. The van der Waals surface area contributed by atoms with Crippen molar-refractivity contribution in [1.29, 1.82) is 0 Å². The molecule has 0 spiro atoms. The van der Waals surface area contributed by atoms with E-state index in [-0.39, 0.29) is 0 Å². The fourth-order valence-electron chi connectivity index (χ4n) is 3.46. The number of benzene rings is 4. The Morgan fingerprint density at radius 3 is 2.19 bits per heavy atom. The molecular weight excluding hydrogens is 469 g/mol. The Balaban J connectivity index is 0.00000141. The monoisotopic (exact) mass is 493 g/mol. The van der Waals surface area contributed by atoms with Crippen molar-refractivity contribution in [1.82, 2.24) is 0 Å². The normalized spacial score (nSPS) is 10.5. The number of para-hydroxylation sites is 1. The van der Waals surface area contributed by atoms with E-state index in [4.69, 9.17) is 5.32 Å². The van der Waals surface area contributed by atoms with Crippen LogP contribution in [-0.4, -0.2) is 5.11 Å². The minimum absolute atomic E-state index is 0.358. The van der Waals surface area contributed by atoms with Crippen molar-refractivity contribution in [3.8, 4) is 5.75 Å². The van der Waals surface area contributed by atoms with Crippen LogP contribution in [0.5, 0.6) is 5.75 Å². The quantitative estimate of drug-likeness (QED) is 0.223. The number of hydrogen-bond donors (Lipinski definition) is 1. The van der Waals surface area contributed by atoms with Crippen LogP contribution in [0.4, 0.5) is 5.69 Å². The maximum atomic E-state index is 10.5. The summed E-state index contributed by atoms with van der Waals surface area (Å²) >= 11 is 1.47. The number of hydrogen-bond acceptors (Lipinski definition) is 1. The van der Waals surface area contributed by atoms with Crippen LogP contribution >= 0.6 is 17.9 Å². The zero-order valence-corrected chi connectivity index (χ0v) is 21.2. The molecule has 1 atom stereocenters. The second-order valence-corrected chi connectivity index (χ2v) is 8.78. The molecule has 1 N–H and O–H groups in total. The molecule has 0 aliphatic rings. The number of aromatic hydroxyl groups is 1. The van der Waals surface area contributed by atoms with Gasteiger partial charge in [0, 0.05) is 5.30 Å². The van der Waals surface area contributed by atoms with Crippen LogP contribution in [-0.2, 0) is 32.3 Å². The maximum absolute atomic E-state index is 10.5. The molecule has 4 aromatic carbocycles. The van der Waals surface area contributed by atoms with Crippen LogP contribution in [0.25, 0.3) is 5.32 Å². The Morgan fingerprint density at radius 2 is 1.47 bits per heavy atom. The van der Waals surface area contributed by atoms with E-state index in [1.54, 1.807) is 0 Å². The van der Waals surface area contributed by atoms with E-state index in [0.717, 1.165) is 17.4 Å². The van der Waals surface area contributed by atoms with Gasteiger partial charge in [-0.3, -0.25) is 0 Å². The van der Waals surface area contributed by atoms with Crippen LogP contribution in [0.2, 0.25) is 0 Å². The molecule has 0 aliphatic carbocycles. The van der Waals surface area contributed by atoms with E-state index in [1.807, 2.05) is 48.5 Å². The first-order chi connectivity index (χ1) is 15.7. The summed E-state index contributed by atoms with van der Waals surface area (Å²) in [6, 6.07) is 33.0. The predicted molar refractivity (Wildman–Crippen MR) is 135 cm³/mol. The SMILES string of the molecule is Cc1ccc(Pc2cc(Cc3ccccc3)ccc2O)c(C[N-]c2ccccc2)c1.[Cl][Ti+]. The summed E-state index contributed by atoms with van der Waals surface area (Å²) in [5, 5.41) is 17.5. The summed E-state index contributed by atoms with van der Waals surface area (Å²) in [7, 11) is 5.02. The molecule has 0 aliphatic heterocycles. The molecule has 0 saturated heterocycles. The Labute approximate surface area is 208 Å². The zero-order valence-electron chi connectivity index (χ0n) is 17.9. The van der Waals surface area contributed by atoms with Gasteiger partial charge in [-0.05, 0) is 41.9 Å². The van der Waals surface area contributed by atoms with E-state index >= 15 is 0 Å². The van der Waals surface area contributed by atoms with Gasteiger partial charge in [0.05, 0.1) is 0 Å². The molecule has 1 unspecified atom stereocenters. The molecule has 2 nitrogen and oxygen atoms in total. The summed E-state index contributed by atoms with van der Waals surface area (Å²) < 4.78 is 0. The number of aryl methyl sites for hydroxylation is 1. The van der Waals surface area contributed by atoms with E-state index in [2.05, 4.69) is 64.8 Å². The average molecular weight is 494 g/mol. The van der Waals surface area contributed by atoms with Crippen molar-refractivity contribution in [3.63, 3.8) is 0 Å². The number of rotatable bonds is 7. The Hall–Kier alpha value is -2.09. The predicted octanol–water partition coefficient (Wildman–Crippen LogP) is 6.81. The van der Waals surface area contributed by atoms with Crippen LogP contribution < -0.4 is 10.6 Å². The third-order valence-corrected chi connectivity index (χ3v) is 6.46. The average Bonchev–Trinajstić information content (AvgIpc) is 2.84. The van der Waals surface area contributed by atoms with Crippen LogP contribution in [0, 0.1) is 6.92 Å². The first kappa shape index (κ1) is 24.6. The summed E-state index contributed by atoms with van der Waals surface area (Å²) in [4.78, 5) is 0. The standard InChI is InChI=1S/C27H25NOP.ClH.Ti/c1-20-12-15-26(23(16-20)19-28-24-10-6-3-7-11-24)30-27-18-22(13-14-25(27)29)17-21-8-4-2-5-9-21;;/h2-16,18,29-30H,17,19H2,1H3;1H;/q-1;;+2/p-1. The van der Waals surface area contributed by atoms with Crippen molar-refractivity contribution in [2.24, 2.45) is 0 Å². The molecule has 160 valence electrons. The van der Waals surface area contributed by atoms with Crippen LogP contribution in [0.3, 0.4) is 0 Å². The molecular formula is C27H25ClNOPTi. The molecule has 0 bridgehead atoms. The number of phenols is 1. The van der Waals surface area contributed by atoms with Gasteiger partial charge < -0.3 is 10.4 Å². The molecule has 0 radical (unpaired) electrons. The van der Waals surface area contributed by atoms with E-state index in [1.165, 1.54) is 46.9 Å². The van der Waals surface area contributed by atoms with Crippen molar-refractivity contribution >= 4 is 34.2 Å². The molecule has 0 amide bonds. The minimum atomic E-state index is 0.358. The van der Waals surface area contributed by atoms with Gasteiger partial charge in [0.2, 0.25) is 0 Å². The van der Waals surface area contributed by atoms with Gasteiger partial charge in [0.25, 0.3) is 0 Å². The van der Waals surface area contributed by atoms with Gasteiger partial charge in [-0.1, -0.05) is 105 Å². The number of phenolic OH excluding ortho intramolecular Hbond substituents is 1. The fraction of sp³-hybridized carbons (Fsp3) is 0.111. The van der Waals surface area contributed by atoms with E-state index in [9.17, 15) is 5.11 Å². The third kappa shape index (κ3) is 7.22. The first-order valence-corrected chi connectivity index (χ1v) is 13.5. The molecule has 0 fully saturated rings. The number of nitrogens with zero attached hydrogens (tertiary/aromatic N) is 1. The van der Waals surface area contributed by atoms with Crippen LogP contribution in [0.15, 0.2) is 97.1 Å². The van der Waals surface area contributed by atoms with Gasteiger partial charge in [-0.25, -0.2) is 0 Å². The molecule has 32 heavy (non-hydrogen) atoms. The summed E-state index contributed by atoms with van der Waals surface area (Å²) in [6.07, 6.45) is 0.864. The van der Waals surface area contributed by atoms with Gasteiger partial charge in [-0.15, -0.1) is 12.2 Å². The number of halogens is 1.